The molecule has 0 spiro atoms. The van der Waals surface area contributed by atoms with Gasteiger partial charge in [-0.2, -0.15) is 0 Å². The first-order valence-electron chi connectivity index (χ1n) is 9.69. The minimum Gasteiger partial charge on any atom is -0.345 e. The Hall–Kier alpha value is -3.28. The number of fused-ring (bicyclic) bond motifs is 4. The first kappa shape index (κ1) is 16.9. The highest BCUT2D eigenvalue weighted by molar-refractivity contribution is 6.22. The van der Waals surface area contributed by atoms with Crippen LogP contribution in [0.2, 0.25) is 0 Å². The summed E-state index contributed by atoms with van der Waals surface area (Å²) in [7, 11) is 0. The molecule has 0 saturated carbocycles. The third-order valence-corrected chi connectivity index (χ3v) is 5.58. The summed E-state index contributed by atoms with van der Waals surface area (Å²) in [5.41, 5.74) is 3.59. The predicted octanol–water partition coefficient (Wildman–Crippen LogP) is 3.15. The van der Waals surface area contributed by atoms with Gasteiger partial charge in [0.05, 0.1) is 6.54 Å². The van der Waals surface area contributed by atoms with Gasteiger partial charge in [0.2, 0.25) is 0 Å². The number of aryl methyl sites for hydroxylation is 1. The molecule has 0 radical (unpaired) electrons. The van der Waals surface area contributed by atoms with Crippen molar-refractivity contribution in [3.8, 4) is 11.1 Å². The Labute approximate surface area is 162 Å². The van der Waals surface area contributed by atoms with Gasteiger partial charge in [0.15, 0.2) is 11.6 Å². The van der Waals surface area contributed by atoms with E-state index in [2.05, 4.69) is 20.1 Å². The van der Waals surface area contributed by atoms with Crippen molar-refractivity contribution in [2.45, 2.75) is 38.8 Å². The molecule has 0 unspecified atom stereocenters. The van der Waals surface area contributed by atoms with Gasteiger partial charge < -0.3 is 9.88 Å². The van der Waals surface area contributed by atoms with Crippen molar-refractivity contribution in [2.75, 3.05) is 0 Å². The molecule has 2 heterocycles. The van der Waals surface area contributed by atoms with Gasteiger partial charge in [0, 0.05) is 29.7 Å². The van der Waals surface area contributed by atoms with E-state index in [0.29, 0.717) is 23.2 Å². The average molecular weight is 372 g/mol. The summed E-state index contributed by atoms with van der Waals surface area (Å²) in [6.07, 6.45) is 4.38. The number of hydrogen-bond acceptors (Lipinski definition) is 4. The van der Waals surface area contributed by atoms with Crippen LogP contribution in [-0.2, 0) is 19.5 Å². The van der Waals surface area contributed by atoms with E-state index in [0.717, 1.165) is 48.6 Å². The lowest BCUT2D eigenvalue weighted by Gasteiger charge is -2.09. The van der Waals surface area contributed by atoms with Gasteiger partial charge in [0.1, 0.15) is 5.82 Å². The van der Waals surface area contributed by atoms with Crippen molar-refractivity contribution < 1.29 is 9.59 Å². The lowest BCUT2D eigenvalue weighted by molar-refractivity contribution is 0.0949. The topological polar surface area (TPSA) is 76.9 Å². The molecule has 2 aromatic carbocycles. The quantitative estimate of drug-likeness (QED) is 0.599. The average Bonchev–Trinajstić information content (AvgIpc) is 3.14. The van der Waals surface area contributed by atoms with E-state index in [1.54, 1.807) is 12.1 Å². The number of carbonyl (C=O) groups excluding carboxylic acids is 2. The zero-order valence-electron chi connectivity index (χ0n) is 15.4. The Morgan fingerprint density at radius 3 is 2.68 bits per heavy atom. The fraction of sp³-hybridized carbons (Fsp3) is 0.273. The van der Waals surface area contributed by atoms with Crippen molar-refractivity contribution in [2.24, 2.45) is 0 Å². The summed E-state index contributed by atoms with van der Waals surface area (Å²) in [6.45, 7) is 1.23. The first-order chi connectivity index (χ1) is 13.7. The number of hydrogen-bond donors (Lipinski definition) is 1. The molecule has 1 aliphatic heterocycles. The van der Waals surface area contributed by atoms with Crippen molar-refractivity contribution >= 4 is 11.7 Å². The van der Waals surface area contributed by atoms with E-state index in [-0.39, 0.29) is 11.7 Å². The largest absolute Gasteiger partial charge is 0.345 e. The highest BCUT2D eigenvalue weighted by Gasteiger charge is 2.27. The maximum Gasteiger partial charge on any atom is 0.251 e. The third-order valence-electron chi connectivity index (χ3n) is 5.58. The zero-order chi connectivity index (χ0) is 19.1. The molecule has 1 N–H and O–H groups in total. The van der Waals surface area contributed by atoms with Crippen molar-refractivity contribution in [1.82, 2.24) is 20.1 Å². The van der Waals surface area contributed by atoms with Crippen LogP contribution in [-0.4, -0.2) is 26.5 Å². The van der Waals surface area contributed by atoms with Gasteiger partial charge in [-0.25, -0.2) is 0 Å². The van der Waals surface area contributed by atoms with E-state index in [1.807, 2.05) is 30.3 Å². The second-order valence-electron chi connectivity index (χ2n) is 7.31. The van der Waals surface area contributed by atoms with Gasteiger partial charge >= 0.3 is 0 Å². The van der Waals surface area contributed by atoms with Crippen LogP contribution in [0, 0.1) is 0 Å². The standard InChI is InChI=1S/C22H20N4O2/c27-21-17-7-4-3-6-15(17)16-10-9-14(12-18(16)21)22(28)23-13-20-25-24-19-8-2-1-5-11-26(19)20/h3-4,6-7,9-10,12H,1-2,5,8,11,13H2,(H,23,28). The predicted molar refractivity (Wildman–Crippen MR) is 104 cm³/mol. The fourth-order valence-corrected chi connectivity index (χ4v) is 4.11. The monoisotopic (exact) mass is 372 g/mol. The van der Waals surface area contributed by atoms with Gasteiger partial charge in [-0.05, 0) is 36.1 Å². The van der Waals surface area contributed by atoms with E-state index >= 15 is 0 Å². The van der Waals surface area contributed by atoms with Crippen molar-refractivity contribution in [3.05, 3.63) is 70.8 Å². The lowest BCUT2D eigenvalue weighted by atomic mass is 10.0. The normalized spacial score (nSPS) is 14.8. The van der Waals surface area contributed by atoms with E-state index in [4.69, 9.17) is 0 Å². The highest BCUT2D eigenvalue weighted by atomic mass is 16.1. The summed E-state index contributed by atoms with van der Waals surface area (Å²) in [4.78, 5) is 25.3. The van der Waals surface area contributed by atoms with Gasteiger partial charge in [0.25, 0.3) is 5.91 Å². The van der Waals surface area contributed by atoms with Gasteiger partial charge in [-0.15, -0.1) is 10.2 Å². The molecule has 1 aromatic heterocycles. The Kier molecular flexibility index (Phi) is 4.04. The molecular formula is C22H20N4O2. The van der Waals surface area contributed by atoms with Crippen LogP contribution >= 0.6 is 0 Å². The molecule has 2 aliphatic rings. The second kappa shape index (κ2) is 6.71. The number of ketones is 1. The number of nitrogens with one attached hydrogen (secondary N) is 1. The van der Waals surface area contributed by atoms with Gasteiger partial charge in [-0.1, -0.05) is 36.8 Å². The number of aromatic nitrogens is 3. The molecule has 1 amide bonds. The van der Waals surface area contributed by atoms with Crippen LogP contribution in [0.4, 0.5) is 0 Å². The first-order valence-corrected chi connectivity index (χ1v) is 9.69. The van der Waals surface area contributed by atoms with E-state index in [1.165, 1.54) is 6.42 Å². The third kappa shape index (κ3) is 2.72. The maximum absolute atomic E-state index is 12.7. The molecule has 28 heavy (non-hydrogen) atoms. The molecule has 3 aromatic rings. The molecule has 6 heteroatoms. The Morgan fingerprint density at radius 1 is 0.964 bits per heavy atom. The minimum atomic E-state index is -0.211. The molecule has 0 atom stereocenters. The summed E-state index contributed by atoms with van der Waals surface area (Å²) in [5.74, 6) is 1.55. The number of rotatable bonds is 3. The molecule has 5 rings (SSSR count). The van der Waals surface area contributed by atoms with Crippen LogP contribution in [0.15, 0.2) is 42.5 Å². The van der Waals surface area contributed by atoms with Crippen molar-refractivity contribution in [1.29, 1.82) is 0 Å². The highest BCUT2D eigenvalue weighted by Crippen LogP contribution is 2.36. The number of carbonyl (C=O) groups is 2. The summed E-state index contributed by atoms with van der Waals surface area (Å²) in [5, 5.41) is 11.4. The number of benzene rings is 2. The minimum absolute atomic E-state index is 0.0250. The molecule has 140 valence electrons. The van der Waals surface area contributed by atoms with Crippen molar-refractivity contribution in [3.63, 3.8) is 0 Å². The maximum atomic E-state index is 12.7. The summed E-state index contributed by atoms with van der Waals surface area (Å²) >= 11 is 0. The SMILES string of the molecule is O=C(NCc1nnc2n1CCCCC2)c1ccc2c(c1)C(=O)c1ccccc1-2. The molecule has 0 bridgehead atoms. The molecule has 0 saturated heterocycles. The second-order valence-corrected chi connectivity index (χ2v) is 7.31. The molecule has 1 aliphatic carbocycles. The Balaban J connectivity index is 1.35. The Morgan fingerprint density at radius 2 is 1.79 bits per heavy atom. The number of amides is 1. The van der Waals surface area contributed by atoms with Crippen LogP contribution < -0.4 is 5.32 Å². The van der Waals surface area contributed by atoms with Crippen LogP contribution in [0.25, 0.3) is 11.1 Å². The van der Waals surface area contributed by atoms with E-state index in [9.17, 15) is 9.59 Å². The fourth-order valence-electron chi connectivity index (χ4n) is 4.11. The lowest BCUT2D eigenvalue weighted by Crippen LogP contribution is -2.25. The number of nitrogens with zero attached hydrogens (tertiary/aromatic N) is 3. The van der Waals surface area contributed by atoms with Gasteiger partial charge in [-0.3, -0.25) is 9.59 Å². The summed E-state index contributed by atoms with van der Waals surface area (Å²) < 4.78 is 2.12. The smallest absolute Gasteiger partial charge is 0.251 e. The summed E-state index contributed by atoms with van der Waals surface area (Å²) in [6, 6.07) is 12.9. The van der Waals surface area contributed by atoms with Crippen LogP contribution in [0.1, 0.15) is 57.2 Å². The molecule has 0 fully saturated rings. The molecule has 6 nitrogen and oxygen atoms in total. The van der Waals surface area contributed by atoms with Crippen LogP contribution in [0.5, 0.6) is 0 Å². The van der Waals surface area contributed by atoms with E-state index < -0.39 is 0 Å². The Bertz CT molecular complexity index is 1100. The molecular weight excluding hydrogens is 352 g/mol. The van der Waals surface area contributed by atoms with Crippen LogP contribution in [0.3, 0.4) is 0 Å². The zero-order valence-corrected chi connectivity index (χ0v) is 15.4.